The topological polar surface area (TPSA) is 119 Å². The maximum atomic E-state index is 14.0. The zero-order valence-electron chi connectivity index (χ0n) is 22.3. The molecule has 0 spiro atoms. The number of fused-ring (bicyclic) bond motifs is 1. The molecule has 4 aromatic rings. The van der Waals surface area contributed by atoms with Gasteiger partial charge in [-0.05, 0) is 17.7 Å². The molecule has 4 N–H and O–H groups in total. The van der Waals surface area contributed by atoms with E-state index in [9.17, 15) is 22.0 Å². The number of nitrogens with zero attached hydrogens (tertiary/aromatic N) is 6. The van der Waals surface area contributed by atoms with Gasteiger partial charge in [0, 0.05) is 57.9 Å². The van der Waals surface area contributed by atoms with Crippen LogP contribution in [-0.2, 0) is 19.8 Å². The fraction of sp³-hybridized carbons (Fsp3) is 0.308. The van der Waals surface area contributed by atoms with Crippen molar-refractivity contribution in [3.05, 3.63) is 64.8 Å². The van der Waals surface area contributed by atoms with E-state index in [1.807, 2.05) is 0 Å². The van der Waals surface area contributed by atoms with E-state index >= 15 is 0 Å². The first-order valence-electron chi connectivity index (χ1n) is 12.6. The fourth-order valence-corrected chi connectivity index (χ4v) is 4.94. The summed E-state index contributed by atoms with van der Waals surface area (Å²) in [7, 11) is 3.26. The number of imidazole rings is 1. The SMILES string of the molecule is CNc1nccnc1C(=CN)Oc1cnc2nc(Nc3ccc(CN4CCC(F)(F)C4)c(C(F)(F)F)c3)n(C)c2c1Cl. The molecular formula is C26H25ClF5N9O. The molecule has 1 aliphatic rings. The van der Waals surface area contributed by atoms with Crippen LogP contribution in [0.1, 0.15) is 23.2 Å². The number of nitrogens with two attached hydrogens (primary N) is 1. The van der Waals surface area contributed by atoms with Crippen LogP contribution in [-0.4, -0.2) is 55.5 Å². The highest BCUT2D eigenvalue weighted by Crippen LogP contribution is 2.38. The third-order valence-electron chi connectivity index (χ3n) is 6.66. The van der Waals surface area contributed by atoms with Crippen molar-refractivity contribution in [2.24, 2.45) is 12.8 Å². The second-order valence-electron chi connectivity index (χ2n) is 9.55. The van der Waals surface area contributed by atoms with Gasteiger partial charge in [0.15, 0.2) is 23.0 Å². The number of aromatic nitrogens is 5. The minimum absolute atomic E-state index is 0.0155. The minimum atomic E-state index is -4.71. The summed E-state index contributed by atoms with van der Waals surface area (Å²) in [5, 5.41) is 5.88. The predicted octanol–water partition coefficient (Wildman–Crippen LogP) is 5.39. The molecular weight excluding hydrogens is 585 g/mol. The van der Waals surface area contributed by atoms with Gasteiger partial charge >= 0.3 is 6.18 Å². The molecule has 3 aromatic heterocycles. The van der Waals surface area contributed by atoms with Crippen LogP contribution in [0.15, 0.2) is 43.0 Å². The predicted molar refractivity (Wildman–Crippen MR) is 147 cm³/mol. The number of anilines is 3. The van der Waals surface area contributed by atoms with E-state index in [0.717, 1.165) is 6.07 Å². The minimum Gasteiger partial charge on any atom is -0.450 e. The van der Waals surface area contributed by atoms with Crippen molar-refractivity contribution >= 4 is 46.0 Å². The quantitative estimate of drug-likeness (QED) is 0.178. The third kappa shape index (κ3) is 5.87. The first kappa shape index (κ1) is 29.3. The van der Waals surface area contributed by atoms with E-state index in [0.29, 0.717) is 17.0 Å². The Morgan fingerprint density at radius 1 is 1.21 bits per heavy atom. The average Bonchev–Trinajstić information content (AvgIpc) is 3.46. The molecule has 4 heterocycles. The largest absolute Gasteiger partial charge is 0.450 e. The van der Waals surface area contributed by atoms with Crippen LogP contribution in [0.25, 0.3) is 16.9 Å². The van der Waals surface area contributed by atoms with E-state index in [1.54, 1.807) is 14.1 Å². The van der Waals surface area contributed by atoms with Crippen molar-refractivity contribution < 1.29 is 26.7 Å². The fourth-order valence-electron chi connectivity index (χ4n) is 4.64. The Hall–Kier alpha value is -4.24. The number of rotatable bonds is 8. The Balaban J connectivity index is 1.43. The molecule has 222 valence electrons. The van der Waals surface area contributed by atoms with Crippen LogP contribution >= 0.6 is 11.6 Å². The molecule has 1 fully saturated rings. The number of halogens is 6. The maximum absolute atomic E-state index is 14.0. The van der Waals surface area contributed by atoms with Crippen LogP contribution in [0.4, 0.5) is 39.4 Å². The van der Waals surface area contributed by atoms with Gasteiger partial charge in [-0.3, -0.25) is 4.90 Å². The monoisotopic (exact) mass is 609 g/mol. The Morgan fingerprint density at radius 2 is 1.98 bits per heavy atom. The van der Waals surface area contributed by atoms with Crippen molar-refractivity contribution in [3.63, 3.8) is 0 Å². The van der Waals surface area contributed by atoms with Crippen molar-refractivity contribution in [2.75, 3.05) is 30.8 Å². The van der Waals surface area contributed by atoms with Gasteiger partial charge in [0.25, 0.3) is 5.92 Å². The van der Waals surface area contributed by atoms with Gasteiger partial charge in [0.05, 0.1) is 18.3 Å². The molecule has 5 rings (SSSR count). The average molecular weight is 610 g/mol. The Labute approximate surface area is 241 Å². The molecule has 1 saturated heterocycles. The van der Waals surface area contributed by atoms with Gasteiger partial charge < -0.3 is 25.7 Å². The highest BCUT2D eigenvalue weighted by molar-refractivity contribution is 6.36. The van der Waals surface area contributed by atoms with Crippen molar-refractivity contribution in [1.82, 2.24) is 29.4 Å². The number of nitrogens with one attached hydrogen (secondary N) is 2. The second-order valence-corrected chi connectivity index (χ2v) is 9.93. The van der Waals surface area contributed by atoms with Crippen molar-refractivity contribution in [2.45, 2.75) is 25.1 Å². The highest BCUT2D eigenvalue weighted by atomic mass is 35.5. The number of likely N-dealkylation sites (tertiary alicyclic amines) is 1. The van der Waals surface area contributed by atoms with Gasteiger partial charge in [0.2, 0.25) is 5.95 Å². The highest BCUT2D eigenvalue weighted by Gasteiger charge is 2.40. The van der Waals surface area contributed by atoms with Gasteiger partial charge in [-0.15, -0.1) is 0 Å². The molecule has 0 unspecified atom stereocenters. The molecule has 10 nitrogen and oxygen atoms in total. The van der Waals surface area contributed by atoms with Crippen LogP contribution < -0.4 is 21.1 Å². The van der Waals surface area contributed by atoms with E-state index < -0.39 is 24.2 Å². The van der Waals surface area contributed by atoms with Gasteiger partial charge in [-0.1, -0.05) is 17.7 Å². The summed E-state index contributed by atoms with van der Waals surface area (Å²) in [4.78, 5) is 18.4. The van der Waals surface area contributed by atoms with Crippen LogP contribution in [0.2, 0.25) is 5.02 Å². The zero-order valence-corrected chi connectivity index (χ0v) is 23.1. The number of benzene rings is 1. The number of hydrogen-bond donors (Lipinski definition) is 3. The van der Waals surface area contributed by atoms with Gasteiger partial charge in [-0.2, -0.15) is 18.2 Å². The lowest BCUT2D eigenvalue weighted by Crippen LogP contribution is -2.26. The first-order chi connectivity index (χ1) is 19.9. The van der Waals surface area contributed by atoms with Crippen LogP contribution in [0.3, 0.4) is 0 Å². The molecule has 1 aliphatic heterocycles. The summed E-state index contributed by atoms with van der Waals surface area (Å²) >= 11 is 6.65. The summed E-state index contributed by atoms with van der Waals surface area (Å²) in [6.07, 6.45) is 0.396. The number of pyridine rings is 1. The van der Waals surface area contributed by atoms with E-state index in [2.05, 4.69) is 30.6 Å². The van der Waals surface area contributed by atoms with E-state index in [1.165, 1.54) is 46.4 Å². The molecule has 0 amide bonds. The summed E-state index contributed by atoms with van der Waals surface area (Å²) in [6.45, 7) is -0.813. The third-order valence-corrected chi connectivity index (χ3v) is 7.02. The molecule has 16 heteroatoms. The second kappa shape index (κ2) is 11.2. The zero-order chi connectivity index (χ0) is 30.2. The van der Waals surface area contributed by atoms with Crippen LogP contribution in [0.5, 0.6) is 5.75 Å². The summed E-state index contributed by atoms with van der Waals surface area (Å²) in [5.74, 6) is -2.08. The Kier molecular flexibility index (Phi) is 7.81. The maximum Gasteiger partial charge on any atom is 0.416 e. The lowest BCUT2D eigenvalue weighted by molar-refractivity contribution is -0.138. The lowest BCUT2D eigenvalue weighted by atomic mass is 10.1. The summed E-state index contributed by atoms with van der Waals surface area (Å²) < 4.78 is 76.5. The summed E-state index contributed by atoms with van der Waals surface area (Å²) in [6, 6.07) is 3.62. The normalized spacial score (nSPS) is 15.8. The Bertz CT molecular complexity index is 1660. The molecule has 0 atom stereocenters. The lowest BCUT2D eigenvalue weighted by Gasteiger charge is -2.20. The Morgan fingerprint density at radius 3 is 2.64 bits per heavy atom. The molecule has 0 aliphatic carbocycles. The van der Waals surface area contributed by atoms with Crippen molar-refractivity contribution in [1.29, 1.82) is 0 Å². The molecule has 0 bridgehead atoms. The van der Waals surface area contributed by atoms with Crippen LogP contribution in [0, 0.1) is 0 Å². The number of alkyl halides is 5. The summed E-state index contributed by atoms with van der Waals surface area (Å²) in [5.41, 5.74) is 5.70. The molecule has 0 radical (unpaired) electrons. The first-order valence-corrected chi connectivity index (χ1v) is 12.9. The van der Waals surface area contributed by atoms with Crippen molar-refractivity contribution in [3.8, 4) is 5.75 Å². The van der Waals surface area contributed by atoms with Gasteiger partial charge in [0.1, 0.15) is 16.2 Å². The number of aryl methyl sites for hydroxylation is 1. The smallest absolute Gasteiger partial charge is 0.416 e. The van der Waals surface area contributed by atoms with E-state index in [4.69, 9.17) is 22.1 Å². The standard InChI is InChI=1S/C26H25ClF5N9O/c1-34-22-20(35-6-7-36-22)17(10-33)42-18-11-37-23-21(19(18)27)40(2)24(39-23)38-15-4-3-14(16(9-15)26(30,31)32)12-41-8-5-25(28,29)13-41/h3-4,6-7,9-11H,5,8,12-13,33H2,1-2H3,(H,34,36)(H,37,38,39). The molecule has 42 heavy (non-hydrogen) atoms. The van der Waals surface area contributed by atoms with Gasteiger partial charge in [-0.25, -0.2) is 23.7 Å². The van der Waals surface area contributed by atoms with E-state index in [-0.39, 0.29) is 58.9 Å². The molecule has 1 aromatic carbocycles. The number of ether oxygens (including phenoxy) is 1. The molecule has 0 saturated carbocycles. The number of hydrogen-bond acceptors (Lipinski definition) is 9.